The second kappa shape index (κ2) is 7.70. The molecular formula is C19H19FN4O. The van der Waals surface area contributed by atoms with Crippen molar-refractivity contribution in [2.24, 2.45) is 0 Å². The fourth-order valence-electron chi connectivity index (χ4n) is 2.29. The Labute approximate surface area is 146 Å². The first-order valence-electron chi connectivity index (χ1n) is 7.99. The number of rotatable bonds is 6. The first kappa shape index (κ1) is 16.8. The van der Waals surface area contributed by atoms with Crippen LogP contribution in [0.25, 0.3) is 11.3 Å². The second-order valence-corrected chi connectivity index (χ2v) is 5.70. The van der Waals surface area contributed by atoms with Gasteiger partial charge in [-0.05, 0) is 31.2 Å². The number of ether oxygens (including phenoxy) is 1. The monoisotopic (exact) mass is 338 g/mol. The zero-order valence-corrected chi connectivity index (χ0v) is 14.2. The van der Waals surface area contributed by atoms with Crippen LogP contribution in [0.5, 0.6) is 5.75 Å². The van der Waals surface area contributed by atoms with E-state index in [4.69, 9.17) is 4.74 Å². The summed E-state index contributed by atoms with van der Waals surface area (Å²) in [5.41, 5.74) is 2.05. The molecule has 3 aromatic rings. The normalized spacial score (nSPS) is 10.5. The van der Waals surface area contributed by atoms with E-state index in [1.807, 2.05) is 43.1 Å². The maximum Gasteiger partial charge on any atom is 0.245 e. The Morgan fingerprint density at radius 2 is 1.84 bits per heavy atom. The van der Waals surface area contributed by atoms with Gasteiger partial charge in [-0.1, -0.05) is 29.8 Å². The summed E-state index contributed by atoms with van der Waals surface area (Å²) in [4.78, 5) is 6.22. The van der Waals surface area contributed by atoms with Crippen molar-refractivity contribution in [2.45, 2.75) is 6.92 Å². The Morgan fingerprint density at radius 1 is 1.08 bits per heavy atom. The lowest BCUT2D eigenvalue weighted by atomic mass is 10.1. The van der Waals surface area contributed by atoms with Crippen LogP contribution < -0.4 is 9.64 Å². The van der Waals surface area contributed by atoms with Gasteiger partial charge < -0.3 is 9.64 Å². The predicted molar refractivity (Wildman–Crippen MR) is 95.2 cm³/mol. The van der Waals surface area contributed by atoms with Crippen molar-refractivity contribution in [3.8, 4) is 17.0 Å². The molecule has 0 amide bonds. The SMILES string of the molecule is Cc1ccc(OCCN(C)c2nncc(-c3ccccc3F)n2)cc1. The van der Waals surface area contributed by atoms with Crippen molar-refractivity contribution in [3.63, 3.8) is 0 Å². The number of likely N-dealkylation sites (N-methyl/N-ethyl adjacent to an activating group) is 1. The van der Waals surface area contributed by atoms with Gasteiger partial charge in [-0.3, -0.25) is 0 Å². The summed E-state index contributed by atoms with van der Waals surface area (Å²) in [6, 6.07) is 14.4. The van der Waals surface area contributed by atoms with Crippen molar-refractivity contribution < 1.29 is 9.13 Å². The van der Waals surface area contributed by atoms with Crippen LogP contribution in [0, 0.1) is 12.7 Å². The molecule has 0 aliphatic rings. The molecule has 3 rings (SSSR count). The van der Waals surface area contributed by atoms with Crippen LogP contribution in [0.15, 0.2) is 54.7 Å². The highest BCUT2D eigenvalue weighted by Crippen LogP contribution is 2.20. The largest absolute Gasteiger partial charge is 0.492 e. The van der Waals surface area contributed by atoms with Gasteiger partial charge in [0.05, 0.1) is 18.4 Å². The van der Waals surface area contributed by atoms with Gasteiger partial charge in [-0.15, -0.1) is 5.10 Å². The molecule has 0 radical (unpaired) electrons. The summed E-state index contributed by atoms with van der Waals surface area (Å²) in [7, 11) is 1.85. The fourth-order valence-corrected chi connectivity index (χ4v) is 2.29. The molecule has 0 N–H and O–H groups in total. The highest BCUT2D eigenvalue weighted by Gasteiger charge is 2.10. The Balaban J connectivity index is 1.64. The third-order valence-electron chi connectivity index (χ3n) is 3.76. The number of hydrogen-bond donors (Lipinski definition) is 0. The molecule has 0 spiro atoms. The first-order chi connectivity index (χ1) is 12.1. The van der Waals surface area contributed by atoms with Crippen molar-refractivity contribution in [1.82, 2.24) is 15.2 Å². The number of aryl methyl sites for hydroxylation is 1. The zero-order valence-electron chi connectivity index (χ0n) is 14.2. The first-order valence-corrected chi connectivity index (χ1v) is 7.99. The molecule has 0 unspecified atom stereocenters. The molecular weight excluding hydrogens is 319 g/mol. The minimum Gasteiger partial charge on any atom is -0.492 e. The van der Waals surface area contributed by atoms with E-state index < -0.39 is 0 Å². The number of hydrogen-bond acceptors (Lipinski definition) is 5. The molecule has 128 valence electrons. The lowest BCUT2D eigenvalue weighted by molar-refractivity contribution is 0.325. The fraction of sp³-hybridized carbons (Fsp3) is 0.211. The van der Waals surface area contributed by atoms with Gasteiger partial charge in [0.1, 0.15) is 18.2 Å². The van der Waals surface area contributed by atoms with E-state index in [2.05, 4.69) is 15.2 Å². The molecule has 25 heavy (non-hydrogen) atoms. The molecule has 0 saturated carbocycles. The van der Waals surface area contributed by atoms with Crippen LogP contribution in [-0.2, 0) is 0 Å². The average molecular weight is 338 g/mol. The van der Waals surface area contributed by atoms with Crippen molar-refractivity contribution in [3.05, 3.63) is 66.1 Å². The van der Waals surface area contributed by atoms with Gasteiger partial charge in [0.25, 0.3) is 0 Å². The number of halogens is 1. The smallest absolute Gasteiger partial charge is 0.245 e. The Bertz CT molecular complexity index is 839. The Morgan fingerprint density at radius 3 is 2.60 bits per heavy atom. The molecule has 0 saturated heterocycles. The second-order valence-electron chi connectivity index (χ2n) is 5.70. The molecule has 0 aliphatic heterocycles. The van der Waals surface area contributed by atoms with Crippen LogP contribution in [-0.4, -0.2) is 35.4 Å². The average Bonchev–Trinajstić information content (AvgIpc) is 2.64. The summed E-state index contributed by atoms with van der Waals surface area (Å²) in [5.74, 6) is 0.908. The van der Waals surface area contributed by atoms with E-state index in [9.17, 15) is 4.39 Å². The van der Waals surface area contributed by atoms with Crippen LogP contribution in [0.2, 0.25) is 0 Å². The number of nitrogens with zero attached hydrogens (tertiary/aromatic N) is 4. The molecule has 0 atom stereocenters. The lowest BCUT2D eigenvalue weighted by Crippen LogP contribution is -2.26. The molecule has 2 aromatic carbocycles. The number of benzene rings is 2. The highest BCUT2D eigenvalue weighted by molar-refractivity contribution is 5.59. The van der Waals surface area contributed by atoms with E-state index in [-0.39, 0.29) is 5.82 Å². The Hall–Kier alpha value is -3.02. The van der Waals surface area contributed by atoms with E-state index in [1.165, 1.54) is 17.8 Å². The van der Waals surface area contributed by atoms with E-state index in [0.29, 0.717) is 30.4 Å². The van der Waals surface area contributed by atoms with Crippen LogP contribution in [0.3, 0.4) is 0 Å². The van der Waals surface area contributed by atoms with Crippen LogP contribution in [0.4, 0.5) is 10.3 Å². The third kappa shape index (κ3) is 4.29. The minimum absolute atomic E-state index is 0.334. The lowest BCUT2D eigenvalue weighted by Gasteiger charge is -2.17. The van der Waals surface area contributed by atoms with Crippen LogP contribution >= 0.6 is 0 Å². The third-order valence-corrected chi connectivity index (χ3v) is 3.76. The zero-order chi connectivity index (χ0) is 17.6. The van der Waals surface area contributed by atoms with Crippen molar-refractivity contribution in [2.75, 3.05) is 25.1 Å². The van der Waals surface area contributed by atoms with Gasteiger partial charge in [-0.2, -0.15) is 5.10 Å². The number of anilines is 1. The molecule has 0 aliphatic carbocycles. The standard InChI is InChI=1S/C19H19FN4O/c1-14-7-9-15(10-8-14)25-12-11-24(2)19-22-18(13-21-23-19)16-5-3-4-6-17(16)20/h3-10,13H,11-12H2,1-2H3. The van der Waals surface area contributed by atoms with Crippen LogP contribution in [0.1, 0.15) is 5.56 Å². The van der Waals surface area contributed by atoms with E-state index in [0.717, 1.165) is 5.75 Å². The molecule has 1 heterocycles. The minimum atomic E-state index is -0.334. The summed E-state index contributed by atoms with van der Waals surface area (Å²) >= 11 is 0. The van der Waals surface area contributed by atoms with Gasteiger partial charge in [0, 0.05) is 12.6 Å². The topological polar surface area (TPSA) is 51.1 Å². The molecule has 1 aromatic heterocycles. The predicted octanol–water partition coefficient (Wildman–Crippen LogP) is 3.50. The maximum absolute atomic E-state index is 13.9. The van der Waals surface area contributed by atoms with Crippen molar-refractivity contribution >= 4 is 5.95 Å². The van der Waals surface area contributed by atoms with Crippen molar-refractivity contribution in [1.29, 1.82) is 0 Å². The summed E-state index contributed by atoms with van der Waals surface area (Å²) < 4.78 is 19.6. The summed E-state index contributed by atoms with van der Waals surface area (Å²) in [6.45, 7) is 3.09. The Kier molecular flexibility index (Phi) is 5.18. The van der Waals surface area contributed by atoms with Gasteiger partial charge >= 0.3 is 0 Å². The van der Waals surface area contributed by atoms with Gasteiger partial charge in [0.2, 0.25) is 5.95 Å². The number of aromatic nitrogens is 3. The van der Waals surface area contributed by atoms with Gasteiger partial charge in [0.15, 0.2) is 0 Å². The maximum atomic E-state index is 13.9. The quantitative estimate of drug-likeness (QED) is 0.688. The molecule has 0 fully saturated rings. The summed E-state index contributed by atoms with van der Waals surface area (Å²) in [6.07, 6.45) is 1.46. The molecule has 0 bridgehead atoms. The summed E-state index contributed by atoms with van der Waals surface area (Å²) in [5, 5.41) is 7.96. The van der Waals surface area contributed by atoms with E-state index in [1.54, 1.807) is 18.2 Å². The molecule has 5 nitrogen and oxygen atoms in total. The molecule has 6 heteroatoms. The van der Waals surface area contributed by atoms with Gasteiger partial charge in [-0.25, -0.2) is 9.37 Å². The van der Waals surface area contributed by atoms with E-state index >= 15 is 0 Å². The highest BCUT2D eigenvalue weighted by atomic mass is 19.1.